The summed E-state index contributed by atoms with van der Waals surface area (Å²) in [5, 5.41) is 42.5. The van der Waals surface area contributed by atoms with Crippen LogP contribution in [-0.2, 0) is 103 Å². The Morgan fingerprint density at radius 2 is 0.478 bits per heavy atom. The van der Waals surface area contributed by atoms with Crippen molar-refractivity contribution in [2.45, 2.75) is 303 Å². The van der Waals surface area contributed by atoms with Crippen molar-refractivity contribution in [3.63, 3.8) is 0 Å². The van der Waals surface area contributed by atoms with E-state index in [2.05, 4.69) is 83.1 Å². The van der Waals surface area contributed by atoms with Gasteiger partial charge in [0, 0.05) is 146 Å². The maximum Gasteiger partial charge on any atom is 1.00 e. The fourth-order valence-electron chi connectivity index (χ4n) is 16.6. The smallest absolute Gasteiger partial charge is 1.00 e. The van der Waals surface area contributed by atoms with E-state index in [0.717, 1.165) is 16.7 Å². The molecule has 0 saturated carbocycles. The number of hydrogen-bond acceptors (Lipinski definition) is 15. The fourth-order valence-corrected chi connectivity index (χ4v) is 34.5. The fraction of sp³-hybridized carbons (Fsp3) is 0.604. The molecule has 0 bridgehead atoms. The SMILES string of the molecule is COC(OC)(c1ccccc1)C(O)(C[PH+](C(C)(C)C)C(C)(C)C)c1ccccc1.COc1cc(OC)c(C(O)(C[PH+](C(C)(C)C)C(C)(C)C)C(F)(F)F)c(OC)c1.COc1cc(OC)c(C(O)(C[PH+](C(C)(C)C)C(C)(C)C)c2ccccc2)c(OC)c1.COc1cc(OC)c(C(O)([PH+](C(C)(C)C)C(C)(C)C)C(F)(F)F)c(OC)c1.C[CH-]C.C[CH-]C.C[CH-]C.C[CH-]C.[Cl-].[Cl-].[Cl-].[Li+].[Li+].[Li+].[Ni].[Ni].[Ni].[Ni]. The average Bonchev–Trinajstić information content (AvgIpc) is 0.720. The quantitative estimate of drug-likeness (QED) is 0.0140. The Morgan fingerprint density at radius 1 is 0.272 bits per heavy atom. The van der Waals surface area contributed by atoms with E-state index in [1.54, 1.807) is 77.1 Å². The van der Waals surface area contributed by atoms with Gasteiger partial charge in [-0.2, -0.15) is 81.7 Å². The van der Waals surface area contributed by atoms with E-state index in [1.165, 1.54) is 66.9 Å². The Balaban J connectivity index is -0.000000141. The molecule has 4 unspecified atom stereocenters. The molecule has 788 valence electrons. The number of methoxy groups -OCH3 is 11. The Labute approximate surface area is 919 Å². The molecule has 6 aromatic carbocycles. The van der Waals surface area contributed by atoms with Crippen molar-refractivity contribution in [2.75, 3.05) is 96.7 Å². The summed E-state index contributed by atoms with van der Waals surface area (Å²) >= 11 is 0. The number of benzene rings is 6. The van der Waals surface area contributed by atoms with Crippen molar-refractivity contribution in [1.29, 1.82) is 0 Å². The van der Waals surface area contributed by atoms with E-state index < -0.39 is 99.6 Å². The number of rotatable bonds is 25. The van der Waals surface area contributed by atoms with Crippen molar-refractivity contribution < 1.29 is 259 Å². The Kier molecular flexibility index (Phi) is 81.9. The molecule has 136 heavy (non-hydrogen) atoms. The minimum absolute atomic E-state index is 0. The van der Waals surface area contributed by atoms with E-state index >= 15 is 0 Å². The van der Waals surface area contributed by atoms with Gasteiger partial charge in [0.15, 0.2) is 11.2 Å². The van der Waals surface area contributed by atoms with Gasteiger partial charge < -0.3 is 135 Å². The summed E-state index contributed by atoms with van der Waals surface area (Å²) in [5.41, 5.74) is -3.46. The molecule has 4 N–H and O–H groups in total. The van der Waals surface area contributed by atoms with Gasteiger partial charge in [-0.15, -0.1) is 0 Å². The molecule has 6 rings (SSSR count). The van der Waals surface area contributed by atoms with Gasteiger partial charge in [0.1, 0.15) is 63.5 Å². The van der Waals surface area contributed by atoms with Crippen molar-refractivity contribution in [1.82, 2.24) is 0 Å². The van der Waals surface area contributed by atoms with Crippen LogP contribution in [-0.4, -0.2) is 171 Å². The summed E-state index contributed by atoms with van der Waals surface area (Å²) < 4.78 is 147. The molecule has 0 aliphatic heterocycles. The normalized spacial score (nSPS) is 13.2. The number of halogens is 9. The number of alkyl halides is 6. The molecule has 0 radical (unpaired) electrons. The molecular formula is C101H168Cl3F6Li3Ni4O15P4. The van der Waals surface area contributed by atoms with E-state index in [-0.39, 0.29) is 225 Å². The van der Waals surface area contributed by atoms with Crippen LogP contribution in [0.4, 0.5) is 26.3 Å². The zero-order valence-electron chi connectivity index (χ0n) is 90.5. The first kappa shape index (κ1) is 160. The third-order valence-corrected chi connectivity index (χ3v) is 38.3. The topological polar surface area (TPSA) is 182 Å². The Bertz CT molecular complexity index is 3970. The minimum atomic E-state index is -4.93. The van der Waals surface area contributed by atoms with Gasteiger partial charge in [-0.3, -0.25) is 0 Å². The third-order valence-electron chi connectivity index (χ3n) is 20.6. The van der Waals surface area contributed by atoms with E-state index in [9.17, 15) is 46.8 Å². The number of aliphatic hydroxyl groups is 4. The van der Waals surface area contributed by atoms with Gasteiger partial charge in [-0.05, 0) is 177 Å². The van der Waals surface area contributed by atoms with Crippen LogP contribution in [0.3, 0.4) is 0 Å². The van der Waals surface area contributed by atoms with Gasteiger partial charge in [0.25, 0.3) is 0 Å². The summed E-state index contributed by atoms with van der Waals surface area (Å²) in [6.45, 7) is 65.2. The van der Waals surface area contributed by atoms with Gasteiger partial charge in [0.2, 0.25) is 11.4 Å². The molecular weight excluding hydrogens is 2050 g/mol. The summed E-state index contributed by atoms with van der Waals surface area (Å²) in [4.78, 5) is 0. The first-order valence-electron chi connectivity index (χ1n) is 42.7. The molecule has 15 nitrogen and oxygen atoms in total. The third kappa shape index (κ3) is 45.1. The Morgan fingerprint density at radius 3 is 0.676 bits per heavy atom. The van der Waals surface area contributed by atoms with Crippen LogP contribution in [0.15, 0.2) is 127 Å². The molecule has 0 aliphatic carbocycles. The van der Waals surface area contributed by atoms with Crippen LogP contribution >= 0.6 is 31.7 Å². The van der Waals surface area contributed by atoms with Crippen molar-refractivity contribution in [3.05, 3.63) is 186 Å². The predicted octanol–water partition coefficient (Wildman–Crippen LogP) is 9.03. The van der Waals surface area contributed by atoms with Crippen LogP contribution in [0.1, 0.15) is 255 Å². The van der Waals surface area contributed by atoms with Crippen LogP contribution in [0.25, 0.3) is 0 Å². The predicted molar refractivity (Wildman–Crippen MR) is 529 cm³/mol. The second-order valence-electron chi connectivity index (χ2n) is 39.3. The van der Waals surface area contributed by atoms with Gasteiger partial charge >= 0.3 is 74.3 Å². The molecule has 0 saturated heterocycles. The molecule has 4 atom stereocenters. The van der Waals surface area contributed by atoms with Crippen LogP contribution in [0, 0.1) is 25.7 Å². The monoisotopic (exact) mass is 2220 g/mol. The first-order valence-corrected chi connectivity index (χ1v) is 49.3. The van der Waals surface area contributed by atoms with Crippen LogP contribution in [0.5, 0.6) is 51.7 Å². The second kappa shape index (κ2) is 69.4. The summed E-state index contributed by atoms with van der Waals surface area (Å²) in [6.07, 6.45) is -1.09. The van der Waals surface area contributed by atoms with Crippen LogP contribution < -0.4 is 136 Å². The molecule has 0 fully saturated rings. The molecule has 0 aliphatic rings. The van der Waals surface area contributed by atoms with E-state index in [1.807, 2.05) is 226 Å². The van der Waals surface area contributed by atoms with Crippen molar-refractivity contribution >= 4 is 31.7 Å². The molecule has 0 spiro atoms. The largest absolute Gasteiger partial charge is 1.00 e. The molecule has 0 heterocycles. The second-order valence-corrected chi connectivity index (χ2v) is 56.7. The zero-order chi connectivity index (χ0) is 99.0. The molecule has 0 amide bonds. The molecule has 6 aromatic rings. The summed E-state index contributed by atoms with van der Waals surface area (Å²) in [6, 6.07) is 38.4. The van der Waals surface area contributed by atoms with E-state index in [0.29, 0.717) is 35.1 Å². The minimum Gasteiger partial charge on any atom is -1.00 e. The maximum absolute atomic E-state index is 14.5. The number of ether oxygens (including phenoxy) is 11. The molecule has 0 aromatic heterocycles. The number of hydrogen-bond donors (Lipinski definition) is 4. The van der Waals surface area contributed by atoms with Crippen molar-refractivity contribution in [3.8, 4) is 51.7 Å². The summed E-state index contributed by atoms with van der Waals surface area (Å²) in [7, 11) is 9.39. The van der Waals surface area contributed by atoms with Crippen molar-refractivity contribution in [2.24, 2.45) is 0 Å². The molecule has 35 heteroatoms. The van der Waals surface area contributed by atoms with Gasteiger partial charge in [-0.1, -0.05) is 91.0 Å². The van der Waals surface area contributed by atoms with E-state index in [4.69, 9.17) is 52.1 Å². The van der Waals surface area contributed by atoms with Gasteiger partial charge in [0.05, 0.1) is 137 Å². The average molecular weight is 2220 g/mol. The van der Waals surface area contributed by atoms with Gasteiger partial charge in [-0.25, -0.2) is 0 Å². The standard InChI is InChI=1S/C25H37O4P.C25H37O3P.C20H32F3O4P.C19H30F3O4P.4C3H7.3ClH.3Li.4Ni/c1-23(2,3)30(24(4,5)6)17-25(26,18-13-11-10-12-14-18)22-20(28-8)15-19(27-7)16-21(22)29-9;1-22(2,3)29(23(4,5)6)19-24(26,20-15-11-9-12-16-20)25(27-7,28-8)21-17-13-10-14-18-21;1-17(2,3)28(18(4,5)6)12-19(24,20(21,22)23)16-14(26-8)10-13(25-7)11-15(16)27-9;1-16(2,3)27(17(4,5)6)18(23,19(20,21)22)15-13(25-8)10-12(24-7)11-14(15)26-9;4*1-3-2;;;;;;;;;;/h10-16,26H,17H2,1-9H3;9-18,26H,19H2,1-8H3;10-11,24H,12H2,1-9H3;10-11,23H,1-9H3;4*3H,1-2H3;3*1H;;;;;;;/q;;;;4*-1;;;;3*+1;;;;/p+1. The first-order chi connectivity index (χ1) is 57.5. The maximum atomic E-state index is 14.5. The Hall–Kier alpha value is -0.784. The summed E-state index contributed by atoms with van der Waals surface area (Å²) in [5.74, 6) is 0.478. The van der Waals surface area contributed by atoms with Crippen LogP contribution in [0.2, 0.25) is 0 Å². The zero-order valence-corrected chi connectivity index (χ0v) is 101.